The molecule has 1 aromatic carbocycles. The van der Waals surface area contributed by atoms with E-state index in [0.29, 0.717) is 24.3 Å². The standard InChI is InChI=1S/C19H17ClF3N5O/c20-15-5-12(4-14(6-15)19(21,22)23)11-29-18-9-25-8-17(18)28-10-16(26-27-28)13-2-1-3-24-7-13/h1-7,10,17-18,25H,8-9,11H2/t17-,18-/m1/s1. The lowest BCUT2D eigenvalue weighted by molar-refractivity contribution is -0.137. The number of benzene rings is 1. The van der Waals surface area contributed by atoms with Gasteiger partial charge in [-0.25, -0.2) is 4.68 Å². The number of pyridine rings is 1. The summed E-state index contributed by atoms with van der Waals surface area (Å²) < 4.78 is 46.6. The van der Waals surface area contributed by atoms with Crippen LogP contribution in [0, 0.1) is 0 Å². The lowest BCUT2D eigenvalue weighted by Crippen LogP contribution is -2.26. The molecular formula is C19H17ClF3N5O. The number of nitrogens with one attached hydrogen (secondary N) is 1. The summed E-state index contributed by atoms with van der Waals surface area (Å²) in [6.07, 6.45) is 0.463. The van der Waals surface area contributed by atoms with Crippen LogP contribution in [0.3, 0.4) is 0 Å². The van der Waals surface area contributed by atoms with Crippen molar-refractivity contribution in [3.05, 3.63) is 65.1 Å². The number of halogens is 4. The van der Waals surface area contributed by atoms with E-state index in [1.54, 1.807) is 17.1 Å². The van der Waals surface area contributed by atoms with Gasteiger partial charge in [0.1, 0.15) is 5.69 Å². The molecule has 1 aliphatic heterocycles. The van der Waals surface area contributed by atoms with Crippen LogP contribution in [0.5, 0.6) is 0 Å². The first-order valence-corrected chi connectivity index (χ1v) is 9.29. The van der Waals surface area contributed by atoms with Gasteiger partial charge in [-0.05, 0) is 35.9 Å². The van der Waals surface area contributed by atoms with Crippen molar-refractivity contribution >= 4 is 11.6 Å². The summed E-state index contributed by atoms with van der Waals surface area (Å²) in [6, 6.07) is 7.01. The van der Waals surface area contributed by atoms with Crippen LogP contribution in [0.1, 0.15) is 17.2 Å². The van der Waals surface area contributed by atoms with Crippen molar-refractivity contribution in [2.24, 2.45) is 0 Å². The molecule has 2 aromatic heterocycles. The van der Waals surface area contributed by atoms with Crippen molar-refractivity contribution in [2.45, 2.75) is 24.9 Å². The molecule has 3 aromatic rings. The monoisotopic (exact) mass is 423 g/mol. The van der Waals surface area contributed by atoms with Gasteiger partial charge in [0.2, 0.25) is 0 Å². The highest BCUT2D eigenvalue weighted by atomic mass is 35.5. The first-order chi connectivity index (χ1) is 13.9. The predicted octanol–water partition coefficient (Wildman–Crippen LogP) is 3.74. The molecule has 3 heterocycles. The molecule has 152 valence electrons. The molecule has 1 saturated heterocycles. The molecule has 1 N–H and O–H groups in total. The van der Waals surface area contributed by atoms with Crippen LogP contribution >= 0.6 is 11.6 Å². The second-order valence-electron chi connectivity index (χ2n) is 6.75. The number of ether oxygens (including phenoxy) is 1. The van der Waals surface area contributed by atoms with Crippen LogP contribution in [0.25, 0.3) is 11.3 Å². The topological polar surface area (TPSA) is 64.9 Å². The van der Waals surface area contributed by atoms with Crippen molar-refractivity contribution in [3.63, 3.8) is 0 Å². The van der Waals surface area contributed by atoms with Gasteiger partial charge >= 0.3 is 6.18 Å². The van der Waals surface area contributed by atoms with Crippen LogP contribution in [-0.4, -0.2) is 39.2 Å². The Kier molecular flexibility index (Phi) is 5.53. The van der Waals surface area contributed by atoms with Gasteiger partial charge in [-0.1, -0.05) is 16.8 Å². The van der Waals surface area contributed by atoms with Crippen molar-refractivity contribution in [3.8, 4) is 11.3 Å². The van der Waals surface area contributed by atoms with Gasteiger partial charge in [-0.15, -0.1) is 5.10 Å². The minimum Gasteiger partial charge on any atom is -0.370 e. The Balaban J connectivity index is 1.46. The fourth-order valence-electron chi connectivity index (χ4n) is 3.26. The lowest BCUT2D eigenvalue weighted by Gasteiger charge is -2.19. The van der Waals surface area contributed by atoms with Crippen LogP contribution in [0.15, 0.2) is 48.9 Å². The molecule has 1 aliphatic rings. The van der Waals surface area contributed by atoms with Crippen LogP contribution in [-0.2, 0) is 17.5 Å². The van der Waals surface area contributed by atoms with Gasteiger partial charge in [-0.2, -0.15) is 13.2 Å². The largest absolute Gasteiger partial charge is 0.416 e. The third kappa shape index (κ3) is 4.58. The Labute approximate surface area is 169 Å². The third-order valence-electron chi connectivity index (χ3n) is 4.68. The molecule has 1 fully saturated rings. The Morgan fingerprint density at radius 3 is 2.86 bits per heavy atom. The van der Waals surface area contributed by atoms with Crippen molar-refractivity contribution in [2.75, 3.05) is 13.1 Å². The molecule has 0 spiro atoms. The summed E-state index contributed by atoms with van der Waals surface area (Å²) in [6.45, 7) is 1.18. The number of rotatable bonds is 5. The van der Waals surface area contributed by atoms with Crippen LogP contribution in [0.4, 0.5) is 13.2 Å². The van der Waals surface area contributed by atoms with E-state index < -0.39 is 11.7 Å². The Morgan fingerprint density at radius 1 is 1.24 bits per heavy atom. The van der Waals surface area contributed by atoms with Gasteiger partial charge in [0.15, 0.2) is 0 Å². The van der Waals surface area contributed by atoms with Gasteiger partial charge in [0, 0.05) is 36.1 Å². The van der Waals surface area contributed by atoms with Crippen molar-refractivity contribution < 1.29 is 17.9 Å². The van der Waals surface area contributed by atoms with Gasteiger partial charge in [-0.3, -0.25) is 4.98 Å². The maximum absolute atomic E-state index is 13.0. The SMILES string of the molecule is FC(F)(F)c1cc(Cl)cc(CO[C@@H]2CNC[C@H]2n2cc(-c3cccnc3)nn2)c1. The average molecular weight is 424 g/mol. The Bertz CT molecular complexity index is 979. The number of hydrogen-bond donors (Lipinski definition) is 1. The van der Waals surface area contributed by atoms with E-state index in [4.69, 9.17) is 16.3 Å². The minimum absolute atomic E-state index is 0.0106. The zero-order chi connectivity index (χ0) is 20.4. The zero-order valence-electron chi connectivity index (χ0n) is 15.1. The maximum atomic E-state index is 13.0. The van der Waals surface area contributed by atoms with Crippen molar-refractivity contribution in [1.29, 1.82) is 0 Å². The molecule has 0 saturated carbocycles. The lowest BCUT2D eigenvalue weighted by atomic mass is 10.1. The molecule has 0 bridgehead atoms. The summed E-state index contributed by atoms with van der Waals surface area (Å²) >= 11 is 5.84. The van der Waals surface area contributed by atoms with Gasteiger partial charge < -0.3 is 10.1 Å². The van der Waals surface area contributed by atoms with E-state index >= 15 is 0 Å². The molecule has 0 aliphatic carbocycles. The zero-order valence-corrected chi connectivity index (χ0v) is 15.9. The van der Waals surface area contributed by atoms with E-state index in [9.17, 15) is 13.2 Å². The molecule has 2 atom stereocenters. The highest BCUT2D eigenvalue weighted by molar-refractivity contribution is 6.30. The summed E-state index contributed by atoms with van der Waals surface area (Å²) in [4.78, 5) is 4.07. The first kappa shape index (κ1) is 19.8. The molecule has 10 heteroatoms. The van der Waals surface area contributed by atoms with Gasteiger partial charge in [0.25, 0.3) is 0 Å². The molecule has 6 nitrogen and oxygen atoms in total. The van der Waals surface area contributed by atoms with E-state index in [1.165, 1.54) is 6.07 Å². The highest BCUT2D eigenvalue weighted by Crippen LogP contribution is 2.32. The second kappa shape index (κ2) is 8.10. The Morgan fingerprint density at radius 2 is 2.10 bits per heavy atom. The summed E-state index contributed by atoms with van der Waals surface area (Å²) in [7, 11) is 0. The number of nitrogens with zero attached hydrogens (tertiary/aromatic N) is 4. The summed E-state index contributed by atoms with van der Waals surface area (Å²) in [5.41, 5.74) is 1.11. The molecule has 4 rings (SSSR count). The van der Waals surface area contributed by atoms with E-state index in [-0.39, 0.29) is 23.8 Å². The molecule has 0 unspecified atom stereocenters. The second-order valence-corrected chi connectivity index (χ2v) is 7.18. The third-order valence-corrected chi connectivity index (χ3v) is 4.90. The number of hydrogen-bond acceptors (Lipinski definition) is 5. The van der Waals surface area contributed by atoms with Gasteiger partial charge in [0.05, 0.1) is 30.5 Å². The smallest absolute Gasteiger partial charge is 0.370 e. The summed E-state index contributed by atoms with van der Waals surface area (Å²) in [5.74, 6) is 0. The van der Waals surface area contributed by atoms with Crippen molar-refractivity contribution in [1.82, 2.24) is 25.3 Å². The summed E-state index contributed by atoms with van der Waals surface area (Å²) in [5, 5.41) is 11.6. The average Bonchev–Trinajstić information content (AvgIpc) is 3.35. The highest BCUT2D eigenvalue weighted by Gasteiger charge is 2.32. The predicted molar refractivity (Wildman–Crippen MR) is 100 cm³/mol. The maximum Gasteiger partial charge on any atom is 0.416 e. The fourth-order valence-corrected chi connectivity index (χ4v) is 3.52. The number of aromatic nitrogens is 4. The molecule has 0 radical (unpaired) electrons. The van der Waals surface area contributed by atoms with E-state index in [0.717, 1.165) is 17.7 Å². The molecule has 0 amide bonds. The number of alkyl halides is 3. The normalized spacial score (nSPS) is 19.6. The first-order valence-electron chi connectivity index (χ1n) is 8.91. The minimum atomic E-state index is -4.46. The fraction of sp³-hybridized carbons (Fsp3) is 0.316. The van der Waals surface area contributed by atoms with Crippen LogP contribution < -0.4 is 5.32 Å². The van der Waals surface area contributed by atoms with Crippen LogP contribution in [0.2, 0.25) is 5.02 Å². The van der Waals surface area contributed by atoms with E-state index in [1.807, 2.05) is 18.3 Å². The molecule has 29 heavy (non-hydrogen) atoms. The Hall–Kier alpha value is -2.49. The molecular weight excluding hydrogens is 407 g/mol. The van der Waals surface area contributed by atoms with E-state index in [2.05, 4.69) is 20.6 Å². The quantitative estimate of drug-likeness (QED) is 0.677.